The largest absolute Gasteiger partial charge is 0.375 e. The Morgan fingerprint density at radius 1 is 1.12 bits per heavy atom. The van der Waals surface area contributed by atoms with Crippen molar-refractivity contribution in [3.05, 3.63) is 29.6 Å². The first kappa shape index (κ1) is 21.5. The Labute approximate surface area is 151 Å². The monoisotopic (exact) mass is 351 g/mol. The lowest BCUT2D eigenvalue weighted by molar-refractivity contribution is -0.128. The maximum absolute atomic E-state index is 11.7. The number of nitrogens with zero attached hydrogens (tertiary/aromatic N) is 1. The number of rotatable bonds is 11. The van der Waals surface area contributed by atoms with E-state index in [0.717, 1.165) is 17.8 Å². The number of hydrogen-bond donors (Lipinski definition) is 2. The van der Waals surface area contributed by atoms with E-state index in [1.807, 2.05) is 39.1 Å². The van der Waals surface area contributed by atoms with E-state index in [1.165, 1.54) is 0 Å². The smallest absolute Gasteiger partial charge is 0.225 e. The molecule has 6 nitrogen and oxygen atoms in total. The Bertz CT molecular complexity index is 496. The van der Waals surface area contributed by atoms with Gasteiger partial charge >= 0.3 is 0 Å². The van der Waals surface area contributed by atoms with Crippen molar-refractivity contribution in [1.29, 1.82) is 0 Å². The summed E-state index contributed by atoms with van der Waals surface area (Å²) in [5.41, 5.74) is 1.54. The second kappa shape index (κ2) is 11.2. The van der Waals surface area contributed by atoms with Crippen molar-refractivity contribution in [1.82, 2.24) is 15.6 Å². The molecule has 2 N–H and O–H groups in total. The summed E-state index contributed by atoms with van der Waals surface area (Å²) in [5, 5.41) is 6.16. The molecule has 142 valence electrons. The van der Waals surface area contributed by atoms with Gasteiger partial charge in [0.2, 0.25) is 5.91 Å². The molecule has 0 saturated carbocycles. The molecule has 1 heterocycles. The van der Waals surface area contributed by atoms with Gasteiger partial charge in [-0.05, 0) is 11.6 Å². The Balaban J connectivity index is 2.15. The summed E-state index contributed by atoms with van der Waals surface area (Å²) >= 11 is 0. The van der Waals surface area contributed by atoms with Crippen molar-refractivity contribution < 1.29 is 14.3 Å². The fraction of sp³-hybridized carbons (Fsp3) is 0.684. The summed E-state index contributed by atoms with van der Waals surface area (Å²) in [6.07, 6.45) is 1.82. The lowest BCUT2D eigenvalue weighted by Crippen LogP contribution is -2.36. The standard InChI is InChI=1S/C19H33N3O3/c1-15(2)20-8-10-24-13-16-6-7-17(22-12-16)14-25-11-9-21-18(23)19(3,4)5/h6-7,12,15,20H,8-11,13-14H2,1-5H3,(H,21,23). The number of hydrogen-bond acceptors (Lipinski definition) is 5. The summed E-state index contributed by atoms with van der Waals surface area (Å²) in [6, 6.07) is 4.42. The Morgan fingerprint density at radius 2 is 1.80 bits per heavy atom. The quantitative estimate of drug-likeness (QED) is 0.599. The molecule has 1 rings (SSSR count). The number of amides is 1. The normalized spacial score (nSPS) is 11.8. The minimum Gasteiger partial charge on any atom is -0.375 e. The summed E-state index contributed by atoms with van der Waals surface area (Å²) in [4.78, 5) is 16.1. The highest BCUT2D eigenvalue weighted by Crippen LogP contribution is 2.11. The Morgan fingerprint density at radius 3 is 2.40 bits per heavy atom. The van der Waals surface area contributed by atoms with Gasteiger partial charge < -0.3 is 20.1 Å². The number of nitrogens with one attached hydrogen (secondary N) is 2. The Hall–Kier alpha value is -1.50. The van der Waals surface area contributed by atoms with E-state index in [9.17, 15) is 4.79 Å². The topological polar surface area (TPSA) is 72.5 Å². The van der Waals surface area contributed by atoms with Gasteiger partial charge in [-0.1, -0.05) is 40.7 Å². The average molecular weight is 351 g/mol. The molecule has 1 amide bonds. The first-order chi connectivity index (χ1) is 11.8. The van der Waals surface area contributed by atoms with Gasteiger partial charge in [-0.15, -0.1) is 0 Å². The van der Waals surface area contributed by atoms with Crippen LogP contribution in [0, 0.1) is 5.41 Å². The van der Waals surface area contributed by atoms with E-state index in [2.05, 4.69) is 29.5 Å². The molecule has 0 unspecified atom stereocenters. The molecule has 0 spiro atoms. The predicted octanol–water partition coefficient (Wildman–Crippen LogP) is 2.28. The maximum atomic E-state index is 11.7. The van der Waals surface area contributed by atoms with E-state index in [0.29, 0.717) is 39.0 Å². The van der Waals surface area contributed by atoms with Crippen molar-refractivity contribution in [2.24, 2.45) is 5.41 Å². The van der Waals surface area contributed by atoms with Gasteiger partial charge in [0.05, 0.1) is 32.1 Å². The van der Waals surface area contributed by atoms with Crippen LogP contribution in [0.3, 0.4) is 0 Å². The van der Waals surface area contributed by atoms with Crippen LogP contribution in [-0.2, 0) is 27.5 Å². The molecule has 0 aliphatic rings. The van der Waals surface area contributed by atoms with E-state index < -0.39 is 0 Å². The van der Waals surface area contributed by atoms with Crippen molar-refractivity contribution in [2.75, 3.05) is 26.3 Å². The molecule has 0 aromatic carbocycles. The van der Waals surface area contributed by atoms with Crippen LogP contribution in [0.1, 0.15) is 45.9 Å². The third-order valence-corrected chi connectivity index (χ3v) is 3.42. The van der Waals surface area contributed by atoms with Crippen molar-refractivity contribution in [3.63, 3.8) is 0 Å². The number of pyridine rings is 1. The summed E-state index contributed by atoms with van der Waals surface area (Å²) in [7, 11) is 0. The molecule has 0 saturated heterocycles. The molecule has 1 aromatic heterocycles. The number of carbonyl (C=O) groups excluding carboxylic acids is 1. The molecular formula is C19H33N3O3. The van der Waals surface area contributed by atoms with Gasteiger partial charge in [0, 0.05) is 30.7 Å². The average Bonchev–Trinajstić information content (AvgIpc) is 2.54. The SMILES string of the molecule is CC(C)NCCOCc1ccc(COCCNC(=O)C(C)(C)C)nc1. The molecular weight excluding hydrogens is 318 g/mol. The van der Waals surface area contributed by atoms with Gasteiger partial charge in [0.25, 0.3) is 0 Å². The van der Waals surface area contributed by atoms with Crippen LogP contribution in [0.5, 0.6) is 0 Å². The molecule has 0 fully saturated rings. The fourth-order valence-corrected chi connectivity index (χ4v) is 1.91. The number of aromatic nitrogens is 1. The molecule has 0 bridgehead atoms. The van der Waals surface area contributed by atoms with Crippen molar-refractivity contribution >= 4 is 5.91 Å². The van der Waals surface area contributed by atoms with E-state index >= 15 is 0 Å². The molecule has 0 atom stereocenters. The van der Waals surface area contributed by atoms with Crippen LogP contribution in [0.2, 0.25) is 0 Å². The molecule has 6 heteroatoms. The Kier molecular flexibility index (Phi) is 9.63. The second-order valence-corrected chi connectivity index (χ2v) is 7.38. The van der Waals surface area contributed by atoms with E-state index in [4.69, 9.17) is 9.47 Å². The maximum Gasteiger partial charge on any atom is 0.225 e. The third-order valence-electron chi connectivity index (χ3n) is 3.42. The summed E-state index contributed by atoms with van der Waals surface area (Å²) in [6.45, 7) is 13.4. The van der Waals surface area contributed by atoms with Gasteiger partial charge in [0.15, 0.2) is 0 Å². The van der Waals surface area contributed by atoms with Gasteiger partial charge in [-0.25, -0.2) is 0 Å². The van der Waals surface area contributed by atoms with Crippen LogP contribution in [-0.4, -0.2) is 43.2 Å². The highest BCUT2D eigenvalue weighted by molar-refractivity contribution is 5.81. The van der Waals surface area contributed by atoms with Gasteiger partial charge in [0.1, 0.15) is 0 Å². The molecule has 25 heavy (non-hydrogen) atoms. The first-order valence-electron chi connectivity index (χ1n) is 8.90. The molecule has 0 radical (unpaired) electrons. The second-order valence-electron chi connectivity index (χ2n) is 7.38. The van der Waals surface area contributed by atoms with Crippen molar-refractivity contribution in [3.8, 4) is 0 Å². The number of ether oxygens (including phenoxy) is 2. The van der Waals surface area contributed by atoms with Crippen LogP contribution in [0.15, 0.2) is 18.3 Å². The minimum absolute atomic E-state index is 0.0298. The van der Waals surface area contributed by atoms with Gasteiger partial charge in [-0.3, -0.25) is 9.78 Å². The van der Waals surface area contributed by atoms with Crippen LogP contribution < -0.4 is 10.6 Å². The number of carbonyl (C=O) groups is 1. The van der Waals surface area contributed by atoms with Crippen LogP contribution in [0.25, 0.3) is 0 Å². The molecule has 0 aliphatic heterocycles. The van der Waals surface area contributed by atoms with Crippen LogP contribution in [0.4, 0.5) is 0 Å². The zero-order valence-electron chi connectivity index (χ0n) is 16.2. The zero-order chi connectivity index (χ0) is 18.7. The molecule has 0 aliphatic carbocycles. The van der Waals surface area contributed by atoms with Gasteiger partial charge in [-0.2, -0.15) is 0 Å². The van der Waals surface area contributed by atoms with E-state index in [-0.39, 0.29) is 11.3 Å². The first-order valence-corrected chi connectivity index (χ1v) is 8.90. The zero-order valence-corrected chi connectivity index (χ0v) is 16.2. The lowest BCUT2D eigenvalue weighted by atomic mass is 9.96. The third kappa shape index (κ3) is 10.2. The summed E-state index contributed by atoms with van der Waals surface area (Å²) in [5.74, 6) is 0.0298. The lowest BCUT2D eigenvalue weighted by Gasteiger charge is -2.17. The fourth-order valence-electron chi connectivity index (χ4n) is 1.91. The summed E-state index contributed by atoms with van der Waals surface area (Å²) < 4.78 is 11.1. The molecule has 1 aromatic rings. The van der Waals surface area contributed by atoms with E-state index in [1.54, 1.807) is 0 Å². The highest BCUT2D eigenvalue weighted by Gasteiger charge is 2.20. The van der Waals surface area contributed by atoms with Crippen molar-refractivity contribution in [2.45, 2.75) is 53.9 Å². The highest BCUT2D eigenvalue weighted by atomic mass is 16.5. The van der Waals surface area contributed by atoms with Crippen LogP contribution >= 0.6 is 0 Å². The minimum atomic E-state index is -0.371. The predicted molar refractivity (Wildman–Crippen MR) is 99.2 cm³/mol.